The van der Waals surface area contributed by atoms with Gasteiger partial charge in [-0.3, -0.25) is 4.79 Å². The topological polar surface area (TPSA) is 205 Å². The van der Waals surface area contributed by atoms with E-state index in [2.05, 4.69) is 9.47 Å². The quantitative estimate of drug-likeness (QED) is 0.270. The molecular weight excluding hydrogens is 324 g/mol. The Hall–Kier alpha value is -2.73. The summed E-state index contributed by atoms with van der Waals surface area (Å²) in [5.74, 6) is -8.49. The number of ether oxygens (including phenoxy) is 2. The van der Waals surface area contributed by atoms with Gasteiger partial charge in [0, 0.05) is 0 Å². The second-order valence-electron chi connectivity index (χ2n) is 4.17. The summed E-state index contributed by atoms with van der Waals surface area (Å²) in [7, 11) is 0. The number of carbonyl (C=O) groups is 5. The van der Waals surface area contributed by atoms with Crippen molar-refractivity contribution in [3.8, 4) is 0 Å². The van der Waals surface area contributed by atoms with Gasteiger partial charge in [0.15, 0.2) is 18.3 Å². The van der Waals surface area contributed by atoms with Gasteiger partial charge >= 0.3 is 29.8 Å². The van der Waals surface area contributed by atoms with Crippen LogP contribution in [0.25, 0.3) is 0 Å². The molecule has 0 amide bonds. The van der Waals surface area contributed by atoms with E-state index in [0.717, 1.165) is 6.92 Å². The zero-order valence-electron chi connectivity index (χ0n) is 11.6. The van der Waals surface area contributed by atoms with Gasteiger partial charge in [0.25, 0.3) is 0 Å². The lowest BCUT2D eigenvalue weighted by Crippen LogP contribution is -2.44. The molecule has 0 aliphatic rings. The van der Waals surface area contributed by atoms with Gasteiger partial charge in [-0.25, -0.2) is 19.2 Å². The molecule has 0 aliphatic heterocycles. The number of aliphatic carboxylic acids is 3. The van der Waals surface area contributed by atoms with E-state index in [-0.39, 0.29) is 0 Å². The predicted molar refractivity (Wildman–Crippen MR) is 65.0 cm³/mol. The molecule has 0 saturated heterocycles. The number of esters is 2. The number of hydrogen-bond donors (Lipinski definition) is 5. The molecule has 0 spiro atoms. The normalized spacial score (nSPS) is 15.6. The van der Waals surface area contributed by atoms with Crippen molar-refractivity contribution in [2.75, 3.05) is 0 Å². The molecule has 0 fully saturated rings. The Morgan fingerprint density at radius 2 is 1.35 bits per heavy atom. The number of aliphatic hydroxyl groups is 2. The van der Waals surface area contributed by atoms with E-state index in [1.54, 1.807) is 0 Å². The van der Waals surface area contributed by atoms with E-state index in [1.165, 1.54) is 0 Å². The molecule has 12 nitrogen and oxygen atoms in total. The van der Waals surface area contributed by atoms with Crippen LogP contribution in [0.2, 0.25) is 0 Å². The molecule has 0 aromatic heterocycles. The van der Waals surface area contributed by atoms with E-state index in [1.807, 2.05) is 0 Å². The second-order valence-corrected chi connectivity index (χ2v) is 4.17. The van der Waals surface area contributed by atoms with Crippen molar-refractivity contribution >= 4 is 29.8 Å². The van der Waals surface area contributed by atoms with Crippen molar-refractivity contribution in [1.82, 2.24) is 0 Å². The highest BCUT2D eigenvalue weighted by Crippen LogP contribution is 2.08. The van der Waals surface area contributed by atoms with Crippen LogP contribution in [0.3, 0.4) is 0 Å². The third kappa shape index (κ3) is 6.71. The van der Waals surface area contributed by atoms with Crippen LogP contribution in [0.4, 0.5) is 0 Å². The third-order valence-corrected chi connectivity index (χ3v) is 2.32. The van der Waals surface area contributed by atoms with Crippen molar-refractivity contribution in [2.24, 2.45) is 0 Å². The number of rotatable bonds is 9. The van der Waals surface area contributed by atoms with Crippen LogP contribution in [0, 0.1) is 0 Å². The first-order chi connectivity index (χ1) is 10.5. The molecule has 0 rings (SSSR count). The maximum atomic E-state index is 11.6. The van der Waals surface area contributed by atoms with Crippen molar-refractivity contribution < 1.29 is 59.0 Å². The zero-order chi connectivity index (χ0) is 18.3. The van der Waals surface area contributed by atoms with Crippen LogP contribution >= 0.6 is 0 Å². The number of carboxylic acid groups (broad SMARTS) is 3. The summed E-state index contributed by atoms with van der Waals surface area (Å²) in [6.07, 6.45) is -10.1. The largest absolute Gasteiger partial charge is 0.481 e. The van der Waals surface area contributed by atoms with Crippen molar-refractivity contribution in [2.45, 2.75) is 37.8 Å². The van der Waals surface area contributed by atoms with Crippen LogP contribution in [-0.2, 0) is 33.4 Å². The van der Waals surface area contributed by atoms with Gasteiger partial charge < -0.3 is 35.0 Å². The van der Waals surface area contributed by atoms with Crippen LogP contribution in [0.1, 0.15) is 13.3 Å². The molecule has 4 atom stereocenters. The second kappa shape index (κ2) is 8.65. The molecule has 0 aliphatic carbocycles. The molecule has 0 heterocycles. The van der Waals surface area contributed by atoms with Gasteiger partial charge in [0.05, 0.1) is 6.42 Å². The lowest BCUT2D eigenvalue weighted by atomic mass is 10.2. The molecule has 130 valence electrons. The van der Waals surface area contributed by atoms with Crippen molar-refractivity contribution in [3.63, 3.8) is 0 Å². The maximum absolute atomic E-state index is 11.6. The minimum atomic E-state index is -2.59. The van der Waals surface area contributed by atoms with E-state index in [9.17, 15) is 29.1 Å². The van der Waals surface area contributed by atoms with E-state index >= 15 is 0 Å². The average molecular weight is 338 g/mol. The standard InChI is InChI=1S/C11H14O12/c1-3(8(16)17)22-10(20)4(2-5(12)13)23-11(21)7(15)6(14)9(18)19/h3-4,6-7,14-15H,2H2,1H3,(H,12,13)(H,16,17)(H,18,19). The molecule has 12 heteroatoms. The molecule has 0 radical (unpaired) electrons. The Labute approximate surface area is 127 Å². The summed E-state index contributed by atoms with van der Waals surface area (Å²) in [5, 5.41) is 43.7. The highest BCUT2D eigenvalue weighted by Gasteiger charge is 2.36. The van der Waals surface area contributed by atoms with Crippen LogP contribution in [-0.4, -0.2) is 79.8 Å². The fourth-order valence-corrected chi connectivity index (χ4v) is 1.11. The molecule has 0 bridgehead atoms. The minimum absolute atomic E-state index is 0.947. The number of hydrogen-bond acceptors (Lipinski definition) is 9. The third-order valence-electron chi connectivity index (χ3n) is 2.32. The van der Waals surface area contributed by atoms with Gasteiger partial charge in [-0.1, -0.05) is 0 Å². The number of carbonyl (C=O) groups excluding carboxylic acids is 2. The first kappa shape index (κ1) is 20.3. The Kier molecular flexibility index (Phi) is 7.62. The smallest absolute Gasteiger partial charge is 0.348 e. The molecular formula is C11H14O12. The monoisotopic (exact) mass is 338 g/mol. The highest BCUT2D eigenvalue weighted by molar-refractivity contribution is 5.88. The number of carboxylic acids is 3. The van der Waals surface area contributed by atoms with Gasteiger partial charge in [-0.05, 0) is 6.92 Å². The van der Waals surface area contributed by atoms with Gasteiger partial charge in [-0.2, -0.15) is 0 Å². The molecule has 4 unspecified atom stereocenters. The summed E-state index contributed by atoms with van der Waals surface area (Å²) < 4.78 is 8.60. The zero-order valence-corrected chi connectivity index (χ0v) is 11.6. The average Bonchev–Trinajstić information content (AvgIpc) is 2.43. The molecule has 0 aromatic carbocycles. The Morgan fingerprint density at radius 1 is 0.826 bits per heavy atom. The maximum Gasteiger partial charge on any atom is 0.348 e. The number of aliphatic hydroxyl groups excluding tert-OH is 2. The Bertz CT molecular complexity index is 497. The molecule has 0 saturated carbocycles. The van der Waals surface area contributed by atoms with E-state index < -0.39 is 60.7 Å². The lowest BCUT2D eigenvalue weighted by molar-refractivity contribution is -0.185. The van der Waals surface area contributed by atoms with Gasteiger partial charge in [0.1, 0.15) is 0 Å². The van der Waals surface area contributed by atoms with E-state index in [0.29, 0.717) is 0 Å². The molecule has 0 aromatic rings. The first-order valence-corrected chi connectivity index (χ1v) is 5.91. The lowest BCUT2D eigenvalue weighted by Gasteiger charge is -2.19. The molecule has 23 heavy (non-hydrogen) atoms. The fraction of sp³-hybridized carbons (Fsp3) is 0.545. The van der Waals surface area contributed by atoms with Crippen molar-refractivity contribution in [3.05, 3.63) is 0 Å². The summed E-state index contributed by atoms with van der Waals surface area (Å²) in [5.41, 5.74) is 0. The van der Waals surface area contributed by atoms with Crippen LogP contribution in [0.5, 0.6) is 0 Å². The summed E-state index contributed by atoms with van der Waals surface area (Å²) in [4.78, 5) is 54.5. The Morgan fingerprint density at radius 3 is 1.74 bits per heavy atom. The fourth-order valence-electron chi connectivity index (χ4n) is 1.11. The summed E-state index contributed by atoms with van der Waals surface area (Å²) in [6.45, 7) is 0.947. The van der Waals surface area contributed by atoms with Crippen LogP contribution < -0.4 is 0 Å². The van der Waals surface area contributed by atoms with Crippen molar-refractivity contribution in [1.29, 1.82) is 0 Å². The van der Waals surface area contributed by atoms with E-state index in [4.69, 9.17) is 20.4 Å². The highest BCUT2D eigenvalue weighted by atomic mass is 16.6. The van der Waals surface area contributed by atoms with Gasteiger partial charge in [0.2, 0.25) is 6.10 Å². The SMILES string of the molecule is CC(OC(=O)C(CC(=O)O)OC(=O)C(O)C(O)C(=O)O)C(=O)O. The first-order valence-electron chi connectivity index (χ1n) is 5.91. The van der Waals surface area contributed by atoms with Gasteiger partial charge in [-0.15, -0.1) is 0 Å². The Balaban J connectivity index is 5.01. The van der Waals surface area contributed by atoms with Crippen LogP contribution in [0.15, 0.2) is 0 Å². The minimum Gasteiger partial charge on any atom is -0.481 e. The summed E-state index contributed by atoms with van der Waals surface area (Å²) in [6, 6.07) is 0. The molecule has 5 N–H and O–H groups in total. The predicted octanol–water partition coefficient (Wildman–Crippen LogP) is -2.80. The summed E-state index contributed by atoms with van der Waals surface area (Å²) >= 11 is 0.